The minimum Gasteiger partial charge on any atom is -0.399 e. The van der Waals surface area contributed by atoms with Crippen LogP contribution in [0.2, 0.25) is 0 Å². The van der Waals surface area contributed by atoms with Gasteiger partial charge in [-0.2, -0.15) is 0 Å². The molecule has 1 unspecified atom stereocenters. The lowest BCUT2D eigenvalue weighted by Crippen LogP contribution is -2.37. The van der Waals surface area contributed by atoms with E-state index in [0.717, 1.165) is 18.2 Å². The van der Waals surface area contributed by atoms with Crippen LogP contribution in [0.3, 0.4) is 0 Å². The molecule has 2 saturated heterocycles. The molecule has 0 aliphatic carbocycles. The Hall–Kier alpha value is -1.06. The third kappa shape index (κ3) is 3.53. The highest BCUT2D eigenvalue weighted by Crippen LogP contribution is 2.21. The highest BCUT2D eigenvalue weighted by Gasteiger charge is 2.28. The van der Waals surface area contributed by atoms with E-state index in [1.807, 2.05) is 6.07 Å². The van der Waals surface area contributed by atoms with Gasteiger partial charge in [-0.15, -0.1) is 0 Å². The second-order valence-electron chi connectivity index (χ2n) is 6.33. The molecule has 1 aromatic carbocycles. The summed E-state index contributed by atoms with van der Waals surface area (Å²) in [4.78, 5) is 5.39. The summed E-state index contributed by atoms with van der Waals surface area (Å²) in [6, 6.07) is 9.17. The molecule has 0 aromatic heterocycles. The van der Waals surface area contributed by atoms with Crippen LogP contribution in [0.1, 0.15) is 31.2 Å². The minimum atomic E-state index is 0.838. The molecule has 0 saturated carbocycles. The van der Waals surface area contributed by atoms with E-state index in [9.17, 15) is 0 Å². The van der Waals surface area contributed by atoms with Gasteiger partial charge in [0.25, 0.3) is 0 Å². The third-order valence-electron chi connectivity index (χ3n) is 4.78. The van der Waals surface area contributed by atoms with Crippen molar-refractivity contribution in [2.24, 2.45) is 0 Å². The molecule has 110 valence electrons. The van der Waals surface area contributed by atoms with Crippen LogP contribution in [-0.2, 0) is 6.42 Å². The number of nitrogens with zero attached hydrogens (tertiary/aromatic N) is 2. The van der Waals surface area contributed by atoms with Gasteiger partial charge in [0.15, 0.2) is 0 Å². The molecule has 1 aromatic rings. The van der Waals surface area contributed by atoms with Crippen LogP contribution < -0.4 is 5.73 Å². The molecule has 1 atom stereocenters. The molecule has 0 spiro atoms. The van der Waals surface area contributed by atoms with Crippen molar-refractivity contribution in [2.75, 3.05) is 38.5 Å². The first-order chi connectivity index (χ1) is 9.81. The van der Waals surface area contributed by atoms with Gasteiger partial charge in [-0.3, -0.25) is 4.90 Å². The summed E-state index contributed by atoms with van der Waals surface area (Å²) in [5.74, 6) is 0. The van der Waals surface area contributed by atoms with Gasteiger partial charge in [-0.05, 0) is 76.0 Å². The van der Waals surface area contributed by atoms with Gasteiger partial charge in [-0.25, -0.2) is 0 Å². The monoisotopic (exact) mass is 273 g/mol. The second-order valence-corrected chi connectivity index (χ2v) is 6.33. The maximum absolute atomic E-state index is 5.84. The van der Waals surface area contributed by atoms with Crippen LogP contribution >= 0.6 is 0 Å². The minimum absolute atomic E-state index is 0.838. The van der Waals surface area contributed by atoms with Crippen LogP contribution in [0.25, 0.3) is 0 Å². The van der Waals surface area contributed by atoms with E-state index in [0.29, 0.717) is 0 Å². The number of hydrogen-bond acceptors (Lipinski definition) is 3. The zero-order chi connectivity index (χ0) is 13.8. The van der Waals surface area contributed by atoms with Gasteiger partial charge >= 0.3 is 0 Å². The SMILES string of the molecule is Nc1cccc(CCCN2CCCN3CCCC3C2)c1. The molecule has 3 heteroatoms. The van der Waals surface area contributed by atoms with Crippen molar-refractivity contribution in [3.8, 4) is 0 Å². The second kappa shape index (κ2) is 6.59. The Kier molecular flexibility index (Phi) is 4.58. The van der Waals surface area contributed by atoms with Gasteiger partial charge in [0.1, 0.15) is 0 Å². The van der Waals surface area contributed by atoms with E-state index < -0.39 is 0 Å². The van der Waals surface area contributed by atoms with E-state index in [2.05, 4.69) is 28.0 Å². The number of nitrogen functional groups attached to an aromatic ring is 1. The summed E-state index contributed by atoms with van der Waals surface area (Å²) in [6.07, 6.45) is 6.55. The first-order valence-corrected chi connectivity index (χ1v) is 8.12. The fourth-order valence-electron chi connectivity index (χ4n) is 3.74. The molecule has 2 aliphatic rings. The molecule has 0 radical (unpaired) electrons. The summed E-state index contributed by atoms with van der Waals surface area (Å²) in [6.45, 7) is 6.46. The summed E-state index contributed by atoms with van der Waals surface area (Å²) < 4.78 is 0. The smallest absolute Gasteiger partial charge is 0.0316 e. The Morgan fingerprint density at radius 1 is 1.15 bits per heavy atom. The Morgan fingerprint density at radius 2 is 2.05 bits per heavy atom. The summed E-state index contributed by atoms with van der Waals surface area (Å²) in [5, 5.41) is 0. The predicted octanol–water partition coefficient (Wildman–Crippen LogP) is 2.37. The molecule has 3 rings (SSSR count). The van der Waals surface area contributed by atoms with Crippen molar-refractivity contribution < 1.29 is 0 Å². The molecule has 0 amide bonds. The van der Waals surface area contributed by atoms with Gasteiger partial charge in [0.05, 0.1) is 0 Å². The third-order valence-corrected chi connectivity index (χ3v) is 4.78. The van der Waals surface area contributed by atoms with Crippen molar-refractivity contribution in [1.82, 2.24) is 9.80 Å². The van der Waals surface area contributed by atoms with Crippen molar-refractivity contribution in [1.29, 1.82) is 0 Å². The zero-order valence-corrected chi connectivity index (χ0v) is 12.4. The Morgan fingerprint density at radius 3 is 2.95 bits per heavy atom. The average Bonchev–Trinajstić information content (AvgIpc) is 2.78. The maximum Gasteiger partial charge on any atom is 0.0316 e. The number of anilines is 1. The quantitative estimate of drug-likeness (QED) is 0.855. The van der Waals surface area contributed by atoms with Crippen LogP contribution in [0, 0.1) is 0 Å². The normalized spacial score (nSPS) is 24.5. The lowest BCUT2D eigenvalue weighted by molar-refractivity contribution is 0.219. The Balaban J connectivity index is 1.46. The molecular formula is C17H27N3. The molecule has 2 heterocycles. The number of benzene rings is 1. The van der Waals surface area contributed by atoms with Gasteiger partial charge in [-0.1, -0.05) is 12.1 Å². The molecule has 3 nitrogen and oxygen atoms in total. The molecule has 2 aliphatic heterocycles. The molecule has 2 N–H and O–H groups in total. The van der Waals surface area contributed by atoms with E-state index in [4.69, 9.17) is 5.73 Å². The van der Waals surface area contributed by atoms with Crippen molar-refractivity contribution >= 4 is 5.69 Å². The first-order valence-electron chi connectivity index (χ1n) is 8.12. The van der Waals surface area contributed by atoms with E-state index in [1.54, 1.807) is 0 Å². The first kappa shape index (κ1) is 13.9. The van der Waals surface area contributed by atoms with Crippen LogP contribution in [-0.4, -0.2) is 48.6 Å². The van der Waals surface area contributed by atoms with Crippen molar-refractivity contribution in [3.05, 3.63) is 29.8 Å². The lowest BCUT2D eigenvalue weighted by Gasteiger charge is -2.25. The van der Waals surface area contributed by atoms with Gasteiger partial charge < -0.3 is 10.6 Å². The van der Waals surface area contributed by atoms with Gasteiger partial charge in [0, 0.05) is 18.3 Å². The van der Waals surface area contributed by atoms with E-state index >= 15 is 0 Å². The van der Waals surface area contributed by atoms with Crippen LogP contribution in [0.5, 0.6) is 0 Å². The largest absolute Gasteiger partial charge is 0.399 e. The lowest BCUT2D eigenvalue weighted by atomic mass is 10.1. The highest BCUT2D eigenvalue weighted by molar-refractivity contribution is 5.40. The predicted molar refractivity (Wildman–Crippen MR) is 84.8 cm³/mol. The molecule has 20 heavy (non-hydrogen) atoms. The van der Waals surface area contributed by atoms with Crippen LogP contribution in [0.15, 0.2) is 24.3 Å². The molecule has 2 fully saturated rings. The number of aryl methyl sites for hydroxylation is 1. The number of rotatable bonds is 4. The fourth-order valence-corrected chi connectivity index (χ4v) is 3.74. The standard InChI is InChI=1S/C17H27N3/c18-16-7-1-5-15(13-16)6-2-9-19-10-4-12-20-11-3-8-17(20)14-19/h1,5,7,13,17H,2-4,6,8-12,14,18H2. The van der Waals surface area contributed by atoms with Crippen molar-refractivity contribution in [3.63, 3.8) is 0 Å². The molecule has 0 bridgehead atoms. The van der Waals surface area contributed by atoms with E-state index in [1.165, 1.54) is 64.0 Å². The van der Waals surface area contributed by atoms with E-state index in [-0.39, 0.29) is 0 Å². The van der Waals surface area contributed by atoms with Gasteiger partial charge in [0.2, 0.25) is 0 Å². The molecular weight excluding hydrogens is 246 g/mol. The maximum atomic E-state index is 5.84. The van der Waals surface area contributed by atoms with Crippen LogP contribution in [0.4, 0.5) is 5.69 Å². The summed E-state index contributed by atoms with van der Waals surface area (Å²) in [5.41, 5.74) is 8.10. The topological polar surface area (TPSA) is 32.5 Å². The summed E-state index contributed by atoms with van der Waals surface area (Å²) in [7, 11) is 0. The number of nitrogens with two attached hydrogens (primary N) is 1. The summed E-state index contributed by atoms with van der Waals surface area (Å²) >= 11 is 0. The Labute approximate surface area is 122 Å². The number of fused-ring (bicyclic) bond motifs is 1. The van der Waals surface area contributed by atoms with Crippen molar-refractivity contribution in [2.45, 2.75) is 38.1 Å². The average molecular weight is 273 g/mol. The zero-order valence-electron chi connectivity index (χ0n) is 12.4. The fraction of sp³-hybridized carbons (Fsp3) is 0.647. The highest BCUT2D eigenvalue weighted by atomic mass is 15.3. The number of hydrogen-bond donors (Lipinski definition) is 1. The Bertz CT molecular complexity index is 432.